The van der Waals surface area contributed by atoms with Crippen LogP contribution in [0, 0.1) is 27.7 Å². The number of rotatable bonds is 3. The zero-order valence-electron chi connectivity index (χ0n) is 13.1. The fourth-order valence-electron chi connectivity index (χ4n) is 2.31. The predicted octanol–water partition coefficient (Wildman–Crippen LogP) is 3.87. The minimum absolute atomic E-state index is 0.0530. The number of methoxy groups -OCH3 is 1. The minimum Gasteiger partial charge on any atom is -0.507 e. The first kappa shape index (κ1) is 15.1. The summed E-state index contributed by atoms with van der Waals surface area (Å²) in [6.45, 7) is 7.61. The van der Waals surface area contributed by atoms with Crippen molar-refractivity contribution in [3.63, 3.8) is 0 Å². The first-order chi connectivity index (χ1) is 9.86. The van der Waals surface area contributed by atoms with E-state index in [1.165, 1.54) is 0 Å². The van der Waals surface area contributed by atoms with Crippen LogP contribution in [0.1, 0.15) is 38.2 Å². The van der Waals surface area contributed by atoms with E-state index in [0.717, 1.165) is 22.3 Å². The lowest BCUT2D eigenvalue weighted by atomic mass is 9.95. The molecule has 0 heterocycles. The smallest absolute Gasteiger partial charge is 0.196 e. The first-order valence-corrected chi connectivity index (χ1v) is 6.86. The van der Waals surface area contributed by atoms with Gasteiger partial charge in [-0.3, -0.25) is 4.79 Å². The molecule has 2 aromatic carbocycles. The van der Waals surface area contributed by atoms with Gasteiger partial charge in [-0.2, -0.15) is 0 Å². The van der Waals surface area contributed by atoms with Gasteiger partial charge in [0, 0.05) is 5.56 Å². The highest BCUT2D eigenvalue weighted by Gasteiger charge is 2.18. The number of phenolic OH excluding ortho intramolecular Hbond substituents is 1. The summed E-state index contributed by atoms with van der Waals surface area (Å²) < 4.78 is 5.31. The summed E-state index contributed by atoms with van der Waals surface area (Å²) in [6.07, 6.45) is 0. The maximum absolute atomic E-state index is 12.6. The number of ether oxygens (including phenoxy) is 1. The molecule has 3 nitrogen and oxygen atoms in total. The fourth-order valence-corrected chi connectivity index (χ4v) is 2.31. The summed E-state index contributed by atoms with van der Waals surface area (Å²) >= 11 is 0. The second-order valence-electron chi connectivity index (χ2n) is 5.35. The highest BCUT2D eigenvalue weighted by molar-refractivity contribution is 6.11. The molecule has 0 radical (unpaired) electrons. The SMILES string of the molecule is COc1cc(C(=O)c2ccc(C)c(C)c2O)cc(C)c1C. The van der Waals surface area contributed by atoms with Crippen LogP contribution in [-0.4, -0.2) is 18.0 Å². The van der Waals surface area contributed by atoms with Crippen molar-refractivity contribution in [3.8, 4) is 11.5 Å². The zero-order valence-corrected chi connectivity index (χ0v) is 13.1. The highest BCUT2D eigenvalue weighted by atomic mass is 16.5. The van der Waals surface area contributed by atoms with Crippen LogP contribution in [0.4, 0.5) is 0 Å². The molecule has 0 spiro atoms. The maximum atomic E-state index is 12.6. The number of carbonyl (C=O) groups is 1. The van der Waals surface area contributed by atoms with Crippen molar-refractivity contribution in [1.29, 1.82) is 0 Å². The molecule has 0 saturated carbocycles. The molecule has 0 atom stereocenters. The fraction of sp³-hybridized carbons (Fsp3) is 0.278. The van der Waals surface area contributed by atoms with Crippen molar-refractivity contribution >= 4 is 5.78 Å². The topological polar surface area (TPSA) is 46.5 Å². The Balaban J connectivity index is 2.55. The Bertz CT molecular complexity index is 715. The van der Waals surface area contributed by atoms with Crippen LogP contribution >= 0.6 is 0 Å². The molecular formula is C18H20O3. The van der Waals surface area contributed by atoms with Gasteiger partial charge < -0.3 is 9.84 Å². The normalized spacial score (nSPS) is 10.5. The second-order valence-corrected chi connectivity index (χ2v) is 5.35. The number of carbonyl (C=O) groups excluding carboxylic acids is 1. The first-order valence-electron chi connectivity index (χ1n) is 6.86. The molecule has 0 bridgehead atoms. The summed E-state index contributed by atoms with van der Waals surface area (Å²) in [5.74, 6) is 0.538. The Morgan fingerprint density at radius 2 is 1.67 bits per heavy atom. The number of aromatic hydroxyl groups is 1. The van der Waals surface area contributed by atoms with E-state index < -0.39 is 0 Å². The van der Waals surface area contributed by atoms with Gasteiger partial charge in [0.15, 0.2) is 5.78 Å². The molecule has 3 heteroatoms. The van der Waals surface area contributed by atoms with Gasteiger partial charge in [0.05, 0.1) is 12.7 Å². The Labute approximate surface area is 125 Å². The minimum atomic E-state index is -0.197. The summed E-state index contributed by atoms with van der Waals surface area (Å²) in [5, 5.41) is 10.2. The lowest BCUT2D eigenvalue weighted by Gasteiger charge is -2.12. The second kappa shape index (κ2) is 5.60. The lowest BCUT2D eigenvalue weighted by Crippen LogP contribution is -2.05. The molecule has 0 fully saturated rings. The van der Waals surface area contributed by atoms with Crippen molar-refractivity contribution in [1.82, 2.24) is 0 Å². The molecule has 0 aliphatic rings. The molecule has 2 rings (SSSR count). The molecule has 110 valence electrons. The molecule has 0 aliphatic heterocycles. The maximum Gasteiger partial charge on any atom is 0.196 e. The summed E-state index contributed by atoms with van der Waals surface area (Å²) in [4.78, 5) is 12.6. The number of benzene rings is 2. The molecule has 2 aromatic rings. The van der Waals surface area contributed by atoms with Gasteiger partial charge in [-0.15, -0.1) is 0 Å². The van der Waals surface area contributed by atoms with E-state index in [-0.39, 0.29) is 11.5 Å². The third kappa shape index (κ3) is 2.64. The van der Waals surface area contributed by atoms with E-state index in [9.17, 15) is 9.90 Å². The van der Waals surface area contributed by atoms with Crippen molar-refractivity contribution < 1.29 is 14.6 Å². The molecule has 0 unspecified atom stereocenters. The number of aryl methyl sites for hydroxylation is 2. The number of ketones is 1. The molecule has 0 aliphatic carbocycles. The van der Waals surface area contributed by atoms with Crippen molar-refractivity contribution in [3.05, 3.63) is 57.6 Å². The molecule has 0 aromatic heterocycles. The van der Waals surface area contributed by atoms with Gasteiger partial charge in [0.2, 0.25) is 0 Å². The Hall–Kier alpha value is -2.29. The van der Waals surface area contributed by atoms with Crippen LogP contribution in [0.15, 0.2) is 24.3 Å². The third-order valence-corrected chi connectivity index (χ3v) is 4.05. The van der Waals surface area contributed by atoms with Crippen LogP contribution in [0.2, 0.25) is 0 Å². The monoisotopic (exact) mass is 284 g/mol. The van der Waals surface area contributed by atoms with Gasteiger partial charge in [0.1, 0.15) is 11.5 Å². The van der Waals surface area contributed by atoms with Gasteiger partial charge in [-0.1, -0.05) is 6.07 Å². The van der Waals surface area contributed by atoms with Gasteiger partial charge in [0.25, 0.3) is 0 Å². The molecule has 21 heavy (non-hydrogen) atoms. The van der Waals surface area contributed by atoms with E-state index in [0.29, 0.717) is 16.9 Å². The predicted molar refractivity (Wildman–Crippen MR) is 83.5 cm³/mol. The summed E-state index contributed by atoms with van der Waals surface area (Å²) in [7, 11) is 1.59. The van der Waals surface area contributed by atoms with E-state index in [1.807, 2.05) is 39.8 Å². The van der Waals surface area contributed by atoms with Gasteiger partial charge >= 0.3 is 0 Å². The lowest BCUT2D eigenvalue weighted by molar-refractivity contribution is 0.103. The standard InChI is InChI=1S/C18H20O3/c1-10-6-7-15(17(19)13(10)4)18(20)14-8-11(2)12(3)16(9-14)21-5/h6-9,19H,1-5H3. The Morgan fingerprint density at radius 3 is 2.29 bits per heavy atom. The third-order valence-electron chi connectivity index (χ3n) is 4.05. The van der Waals surface area contributed by atoms with Crippen LogP contribution < -0.4 is 4.74 Å². The van der Waals surface area contributed by atoms with Crippen molar-refractivity contribution in [2.45, 2.75) is 27.7 Å². The van der Waals surface area contributed by atoms with E-state index in [4.69, 9.17) is 4.74 Å². The van der Waals surface area contributed by atoms with E-state index in [1.54, 1.807) is 19.2 Å². The molecule has 0 amide bonds. The molecule has 0 saturated heterocycles. The molecule has 1 N–H and O–H groups in total. The Morgan fingerprint density at radius 1 is 1.00 bits per heavy atom. The zero-order chi connectivity index (χ0) is 15.7. The number of hydrogen-bond acceptors (Lipinski definition) is 3. The van der Waals surface area contributed by atoms with Crippen LogP contribution in [0.3, 0.4) is 0 Å². The van der Waals surface area contributed by atoms with Gasteiger partial charge in [-0.05, 0) is 68.1 Å². The van der Waals surface area contributed by atoms with Crippen molar-refractivity contribution in [2.24, 2.45) is 0 Å². The molecular weight excluding hydrogens is 264 g/mol. The van der Waals surface area contributed by atoms with Crippen LogP contribution in [0.25, 0.3) is 0 Å². The summed E-state index contributed by atoms with van der Waals surface area (Å²) in [5.41, 5.74) is 4.54. The van der Waals surface area contributed by atoms with Crippen LogP contribution in [0.5, 0.6) is 11.5 Å². The highest BCUT2D eigenvalue weighted by Crippen LogP contribution is 2.29. The number of phenols is 1. The Kier molecular flexibility index (Phi) is 4.03. The van der Waals surface area contributed by atoms with Crippen molar-refractivity contribution in [2.75, 3.05) is 7.11 Å². The largest absolute Gasteiger partial charge is 0.507 e. The van der Waals surface area contributed by atoms with Crippen LogP contribution in [-0.2, 0) is 0 Å². The average molecular weight is 284 g/mol. The van der Waals surface area contributed by atoms with E-state index >= 15 is 0 Å². The number of hydrogen-bond donors (Lipinski definition) is 1. The average Bonchev–Trinajstić information content (AvgIpc) is 2.47. The quantitative estimate of drug-likeness (QED) is 0.870. The van der Waals surface area contributed by atoms with E-state index in [2.05, 4.69) is 0 Å². The van der Waals surface area contributed by atoms with Gasteiger partial charge in [-0.25, -0.2) is 0 Å². The summed E-state index contributed by atoms with van der Waals surface area (Å²) in [6, 6.07) is 7.07.